The zero-order valence-electron chi connectivity index (χ0n) is 11.6. The third kappa shape index (κ3) is 10.8. The lowest BCUT2D eigenvalue weighted by Crippen LogP contribution is -2.31. The minimum atomic E-state index is -4.03. The van der Waals surface area contributed by atoms with Crippen molar-refractivity contribution in [2.45, 2.75) is 70.7 Å². The maximum Gasteiger partial charge on any atom is 0.389 e. The second kappa shape index (κ2) is 9.62. The fourth-order valence-electron chi connectivity index (χ4n) is 1.80. The van der Waals surface area contributed by atoms with Crippen molar-refractivity contribution in [3.05, 3.63) is 0 Å². The lowest BCUT2D eigenvalue weighted by molar-refractivity contribution is -0.135. The van der Waals surface area contributed by atoms with Gasteiger partial charge in [0.05, 0.1) is 6.10 Å². The van der Waals surface area contributed by atoms with Crippen LogP contribution in [0, 0.1) is 0 Å². The number of rotatable bonds is 10. The number of hydrogen-bond acceptors (Lipinski definition) is 2. The van der Waals surface area contributed by atoms with Gasteiger partial charge in [-0.25, -0.2) is 0 Å². The summed E-state index contributed by atoms with van der Waals surface area (Å²) in [6, 6.07) is 0.171. The summed E-state index contributed by atoms with van der Waals surface area (Å²) in [6.07, 6.45) is -1.03. The second-order valence-electron chi connectivity index (χ2n) is 4.78. The molecule has 0 radical (unpaired) electrons. The molecular formula is C13H26F3NO. The van der Waals surface area contributed by atoms with Crippen molar-refractivity contribution in [2.24, 2.45) is 0 Å². The molecule has 0 aliphatic carbocycles. The van der Waals surface area contributed by atoms with E-state index in [-0.39, 0.29) is 18.6 Å². The van der Waals surface area contributed by atoms with Gasteiger partial charge in [0.25, 0.3) is 0 Å². The van der Waals surface area contributed by atoms with E-state index in [4.69, 9.17) is 4.74 Å². The molecule has 5 heteroatoms. The molecule has 0 heterocycles. The quantitative estimate of drug-likeness (QED) is 0.649. The average Bonchev–Trinajstić information content (AvgIpc) is 2.29. The molecule has 110 valence electrons. The lowest BCUT2D eigenvalue weighted by Gasteiger charge is -2.20. The molecule has 2 unspecified atom stereocenters. The van der Waals surface area contributed by atoms with Crippen LogP contribution in [-0.4, -0.2) is 32.0 Å². The molecular weight excluding hydrogens is 243 g/mol. The van der Waals surface area contributed by atoms with Crippen LogP contribution in [0.5, 0.6) is 0 Å². The molecule has 0 amide bonds. The van der Waals surface area contributed by atoms with E-state index in [1.165, 1.54) is 0 Å². The van der Waals surface area contributed by atoms with Gasteiger partial charge in [0.1, 0.15) is 0 Å². The number of hydrogen-bond donors (Lipinski definition) is 1. The Balaban J connectivity index is 3.90. The lowest BCUT2D eigenvalue weighted by atomic mass is 10.0. The molecule has 0 fully saturated rings. The van der Waals surface area contributed by atoms with Crippen LogP contribution in [0.2, 0.25) is 0 Å². The maximum absolute atomic E-state index is 12.1. The number of nitrogens with one attached hydrogen (secondary N) is 1. The molecule has 18 heavy (non-hydrogen) atoms. The van der Waals surface area contributed by atoms with Crippen LogP contribution < -0.4 is 5.32 Å². The zero-order chi connectivity index (χ0) is 14.0. The van der Waals surface area contributed by atoms with E-state index in [2.05, 4.69) is 12.2 Å². The topological polar surface area (TPSA) is 21.3 Å². The third-order valence-electron chi connectivity index (χ3n) is 3.02. The highest BCUT2D eigenvalue weighted by molar-refractivity contribution is 4.69. The van der Waals surface area contributed by atoms with E-state index in [1.54, 1.807) is 7.11 Å². The minimum Gasteiger partial charge on any atom is -0.382 e. The van der Waals surface area contributed by atoms with Gasteiger partial charge in [-0.2, -0.15) is 13.2 Å². The molecule has 0 aliphatic rings. The first-order valence-corrected chi connectivity index (χ1v) is 6.72. The minimum absolute atomic E-state index is 0.165. The summed E-state index contributed by atoms with van der Waals surface area (Å²) >= 11 is 0. The molecule has 1 N–H and O–H groups in total. The summed E-state index contributed by atoms with van der Waals surface area (Å²) in [5, 5.41) is 3.31. The van der Waals surface area contributed by atoms with Gasteiger partial charge in [0, 0.05) is 19.6 Å². The number of methoxy groups -OCH3 is 1. The van der Waals surface area contributed by atoms with Crippen molar-refractivity contribution in [1.29, 1.82) is 0 Å². The Morgan fingerprint density at radius 2 is 1.83 bits per heavy atom. The van der Waals surface area contributed by atoms with E-state index in [1.807, 2.05) is 6.92 Å². The van der Waals surface area contributed by atoms with E-state index < -0.39 is 12.6 Å². The summed E-state index contributed by atoms with van der Waals surface area (Å²) in [7, 11) is 1.66. The Morgan fingerprint density at radius 1 is 1.17 bits per heavy atom. The van der Waals surface area contributed by atoms with Crippen LogP contribution in [-0.2, 0) is 4.74 Å². The second-order valence-corrected chi connectivity index (χ2v) is 4.78. The predicted octanol–water partition coefficient (Wildman–Crippen LogP) is 3.90. The first-order valence-electron chi connectivity index (χ1n) is 6.72. The first-order chi connectivity index (χ1) is 8.39. The van der Waals surface area contributed by atoms with Crippen molar-refractivity contribution in [2.75, 3.05) is 13.7 Å². The highest BCUT2D eigenvalue weighted by Gasteiger charge is 2.26. The van der Waals surface area contributed by atoms with Gasteiger partial charge >= 0.3 is 6.18 Å². The summed E-state index contributed by atoms with van der Waals surface area (Å²) in [5.74, 6) is 0. The number of alkyl halides is 3. The smallest absolute Gasteiger partial charge is 0.382 e. The Kier molecular flexibility index (Phi) is 9.46. The summed E-state index contributed by atoms with van der Waals surface area (Å²) in [6.45, 7) is 4.89. The van der Waals surface area contributed by atoms with Crippen LogP contribution in [0.1, 0.15) is 52.4 Å². The molecule has 0 saturated carbocycles. The molecule has 0 aromatic carbocycles. The SMILES string of the molecule is CCCNC(CCCC(F)(F)F)CCC(C)OC. The Bertz CT molecular complexity index is 197. The Morgan fingerprint density at radius 3 is 2.33 bits per heavy atom. The molecule has 0 aromatic rings. The predicted molar refractivity (Wildman–Crippen MR) is 67.7 cm³/mol. The molecule has 0 aliphatic heterocycles. The number of halogens is 3. The van der Waals surface area contributed by atoms with Gasteiger partial charge in [-0.05, 0) is 45.6 Å². The van der Waals surface area contributed by atoms with Crippen molar-refractivity contribution < 1.29 is 17.9 Å². The molecule has 0 rings (SSSR count). The molecule has 2 atom stereocenters. The van der Waals surface area contributed by atoms with Gasteiger partial charge < -0.3 is 10.1 Å². The van der Waals surface area contributed by atoms with Crippen LogP contribution in [0.4, 0.5) is 13.2 Å². The highest BCUT2D eigenvalue weighted by Crippen LogP contribution is 2.23. The fraction of sp³-hybridized carbons (Fsp3) is 1.00. The molecule has 0 saturated heterocycles. The van der Waals surface area contributed by atoms with E-state index >= 15 is 0 Å². The molecule has 2 nitrogen and oxygen atoms in total. The molecule has 0 bridgehead atoms. The third-order valence-corrected chi connectivity index (χ3v) is 3.02. The monoisotopic (exact) mass is 269 g/mol. The molecule has 0 spiro atoms. The van der Waals surface area contributed by atoms with Gasteiger partial charge in [0.15, 0.2) is 0 Å². The largest absolute Gasteiger partial charge is 0.389 e. The van der Waals surface area contributed by atoms with Gasteiger partial charge in [0.2, 0.25) is 0 Å². The normalized spacial score (nSPS) is 15.7. The van der Waals surface area contributed by atoms with Crippen LogP contribution in [0.25, 0.3) is 0 Å². The highest BCUT2D eigenvalue weighted by atomic mass is 19.4. The first kappa shape index (κ1) is 17.7. The summed E-state index contributed by atoms with van der Waals surface area (Å²) in [5.41, 5.74) is 0. The zero-order valence-corrected chi connectivity index (χ0v) is 11.6. The summed E-state index contributed by atoms with van der Waals surface area (Å²) < 4.78 is 41.4. The van der Waals surface area contributed by atoms with Crippen molar-refractivity contribution in [3.63, 3.8) is 0 Å². The fourth-order valence-corrected chi connectivity index (χ4v) is 1.80. The van der Waals surface area contributed by atoms with E-state index in [0.29, 0.717) is 6.42 Å². The van der Waals surface area contributed by atoms with E-state index in [9.17, 15) is 13.2 Å². The van der Waals surface area contributed by atoms with E-state index in [0.717, 1.165) is 25.8 Å². The summed E-state index contributed by atoms with van der Waals surface area (Å²) in [4.78, 5) is 0. The van der Waals surface area contributed by atoms with Gasteiger partial charge in [-0.15, -0.1) is 0 Å². The van der Waals surface area contributed by atoms with Gasteiger partial charge in [-0.3, -0.25) is 0 Å². The number of ether oxygens (including phenoxy) is 1. The van der Waals surface area contributed by atoms with Crippen molar-refractivity contribution in [3.8, 4) is 0 Å². The van der Waals surface area contributed by atoms with Crippen LogP contribution >= 0.6 is 0 Å². The average molecular weight is 269 g/mol. The maximum atomic E-state index is 12.1. The van der Waals surface area contributed by atoms with Crippen molar-refractivity contribution >= 4 is 0 Å². The van der Waals surface area contributed by atoms with Crippen LogP contribution in [0.3, 0.4) is 0 Å². The van der Waals surface area contributed by atoms with Crippen molar-refractivity contribution in [1.82, 2.24) is 5.32 Å². The Labute approximate surface area is 108 Å². The van der Waals surface area contributed by atoms with Gasteiger partial charge in [-0.1, -0.05) is 6.92 Å². The molecule has 0 aromatic heterocycles. The Hall–Kier alpha value is -0.290. The van der Waals surface area contributed by atoms with Crippen LogP contribution in [0.15, 0.2) is 0 Å². The standard InChI is InChI=1S/C13H26F3NO/c1-4-10-17-12(8-7-11(2)18-3)6-5-9-13(14,15)16/h11-12,17H,4-10H2,1-3H3.